The normalized spacial score (nSPS) is 19.4. The van der Waals surface area contributed by atoms with E-state index in [9.17, 15) is 4.79 Å². The van der Waals surface area contributed by atoms with Gasteiger partial charge in [-0.05, 0) is 72.8 Å². The van der Waals surface area contributed by atoms with Gasteiger partial charge >= 0.3 is 0 Å². The molecule has 0 bridgehead atoms. The molecule has 1 aliphatic carbocycles. The summed E-state index contributed by atoms with van der Waals surface area (Å²) in [5.41, 5.74) is 8.73. The molecule has 3 aromatic rings. The summed E-state index contributed by atoms with van der Waals surface area (Å²) in [6, 6.07) is 7.48. The van der Waals surface area contributed by atoms with Gasteiger partial charge in [-0.25, -0.2) is 13.8 Å². The molecule has 1 aromatic carbocycles. The number of nitrogens with two attached hydrogens (primary N) is 1. The zero-order valence-corrected chi connectivity index (χ0v) is 23.3. The molecule has 5 rings (SSSR count). The predicted octanol–water partition coefficient (Wildman–Crippen LogP) is 5.49. The highest BCUT2D eigenvalue weighted by Crippen LogP contribution is 2.42. The van der Waals surface area contributed by atoms with Gasteiger partial charge in [-0.15, -0.1) is 0 Å². The maximum absolute atomic E-state index is 15.8. The number of hydrogen-bond donors (Lipinski definition) is 2. The molecule has 2 aliphatic rings. The highest BCUT2D eigenvalue weighted by atomic mass is 19.1. The SMILES string of the molecule is CNc1cnccc1N1CC(N)CC(C(C)(C)Cc2cc(OCC3CC3)cc(F)c2-c2nc(C=O)ccc2F)C1. The van der Waals surface area contributed by atoms with E-state index in [1.807, 2.05) is 13.1 Å². The number of aromatic nitrogens is 2. The number of benzene rings is 1. The molecule has 7 nitrogen and oxygen atoms in total. The highest BCUT2D eigenvalue weighted by molar-refractivity contribution is 5.75. The van der Waals surface area contributed by atoms with Gasteiger partial charge in [0.15, 0.2) is 6.29 Å². The van der Waals surface area contributed by atoms with Crippen molar-refractivity contribution < 1.29 is 18.3 Å². The van der Waals surface area contributed by atoms with Crippen molar-refractivity contribution in [2.75, 3.05) is 37.0 Å². The van der Waals surface area contributed by atoms with Crippen LogP contribution in [0.25, 0.3) is 11.3 Å². The quantitative estimate of drug-likeness (QED) is 0.323. The summed E-state index contributed by atoms with van der Waals surface area (Å²) < 4.78 is 36.8. The van der Waals surface area contributed by atoms with E-state index < -0.39 is 11.6 Å². The van der Waals surface area contributed by atoms with E-state index >= 15 is 8.78 Å². The van der Waals surface area contributed by atoms with Crippen LogP contribution in [0.15, 0.2) is 42.7 Å². The molecule has 9 heteroatoms. The van der Waals surface area contributed by atoms with Crippen LogP contribution in [-0.4, -0.2) is 49.0 Å². The van der Waals surface area contributed by atoms with Crippen LogP contribution in [0.1, 0.15) is 49.2 Å². The van der Waals surface area contributed by atoms with E-state index in [1.165, 1.54) is 12.1 Å². The fourth-order valence-corrected chi connectivity index (χ4v) is 5.71. The summed E-state index contributed by atoms with van der Waals surface area (Å²) in [5, 5.41) is 3.21. The Morgan fingerprint density at radius 1 is 1.18 bits per heavy atom. The Bertz CT molecular complexity index is 1380. The van der Waals surface area contributed by atoms with E-state index in [1.54, 1.807) is 18.5 Å². The van der Waals surface area contributed by atoms with Crippen LogP contribution in [0.3, 0.4) is 0 Å². The lowest BCUT2D eigenvalue weighted by Crippen LogP contribution is -2.51. The van der Waals surface area contributed by atoms with Gasteiger partial charge in [-0.1, -0.05) is 13.8 Å². The number of pyridine rings is 2. The van der Waals surface area contributed by atoms with E-state index in [4.69, 9.17) is 10.5 Å². The molecule has 3 N–H and O–H groups in total. The number of aldehydes is 1. The number of piperidine rings is 1. The molecule has 1 saturated carbocycles. The van der Waals surface area contributed by atoms with Gasteiger partial charge in [0.25, 0.3) is 0 Å². The monoisotopic (exact) mass is 549 g/mol. The van der Waals surface area contributed by atoms with Crippen LogP contribution >= 0.6 is 0 Å². The van der Waals surface area contributed by atoms with Crippen molar-refractivity contribution in [2.45, 2.75) is 45.6 Å². The fourth-order valence-electron chi connectivity index (χ4n) is 5.71. The molecule has 2 atom stereocenters. The molecule has 212 valence electrons. The second-order valence-electron chi connectivity index (χ2n) is 11.8. The first-order valence-corrected chi connectivity index (χ1v) is 13.9. The molecule has 1 saturated heterocycles. The van der Waals surface area contributed by atoms with E-state index in [2.05, 4.69) is 34.0 Å². The highest BCUT2D eigenvalue weighted by Gasteiger charge is 2.38. The van der Waals surface area contributed by atoms with Crippen LogP contribution in [0, 0.1) is 28.9 Å². The van der Waals surface area contributed by atoms with Gasteiger partial charge in [0.2, 0.25) is 0 Å². The fraction of sp³-hybridized carbons (Fsp3) is 0.452. The molecular weight excluding hydrogens is 512 g/mol. The van der Waals surface area contributed by atoms with Crippen LogP contribution in [-0.2, 0) is 6.42 Å². The molecule has 0 radical (unpaired) electrons. The minimum atomic E-state index is -0.682. The first kappa shape index (κ1) is 28.0. The van der Waals surface area contributed by atoms with E-state index in [0.717, 1.165) is 43.2 Å². The summed E-state index contributed by atoms with van der Waals surface area (Å²) in [7, 11) is 1.87. The molecular formula is C31H37F2N5O2. The second-order valence-corrected chi connectivity index (χ2v) is 11.8. The lowest BCUT2D eigenvalue weighted by molar-refractivity contribution is 0.111. The smallest absolute Gasteiger partial charge is 0.168 e. The number of hydrogen-bond acceptors (Lipinski definition) is 7. The predicted molar refractivity (Wildman–Crippen MR) is 153 cm³/mol. The third-order valence-corrected chi connectivity index (χ3v) is 8.20. The molecule has 0 amide bonds. The number of nitrogens with zero attached hydrogens (tertiary/aromatic N) is 3. The first-order valence-electron chi connectivity index (χ1n) is 13.9. The van der Waals surface area contributed by atoms with Crippen LogP contribution < -0.4 is 20.7 Å². The van der Waals surface area contributed by atoms with Crippen molar-refractivity contribution in [3.8, 4) is 17.0 Å². The van der Waals surface area contributed by atoms with E-state index in [-0.39, 0.29) is 34.3 Å². The number of rotatable bonds is 10. The number of ether oxygens (including phenoxy) is 1. The Kier molecular flexibility index (Phi) is 8.03. The van der Waals surface area contributed by atoms with Crippen molar-refractivity contribution >= 4 is 17.7 Å². The Labute approximate surface area is 234 Å². The Hall–Kier alpha value is -3.59. The summed E-state index contributed by atoms with van der Waals surface area (Å²) in [6.45, 7) is 6.28. The molecule has 0 spiro atoms. The molecule has 3 heterocycles. The van der Waals surface area contributed by atoms with Gasteiger partial charge in [-0.2, -0.15) is 0 Å². The van der Waals surface area contributed by atoms with Gasteiger partial charge in [-0.3, -0.25) is 9.78 Å². The third kappa shape index (κ3) is 6.09. The van der Waals surface area contributed by atoms with Crippen molar-refractivity contribution in [3.05, 3.63) is 65.6 Å². The maximum atomic E-state index is 15.8. The van der Waals surface area contributed by atoms with Crippen molar-refractivity contribution in [1.29, 1.82) is 0 Å². The molecule has 2 fully saturated rings. The average Bonchev–Trinajstić information content (AvgIpc) is 3.77. The Morgan fingerprint density at radius 2 is 1.98 bits per heavy atom. The lowest BCUT2D eigenvalue weighted by Gasteiger charge is -2.45. The topological polar surface area (TPSA) is 93.4 Å². The van der Waals surface area contributed by atoms with Crippen LogP contribution in [0.5, 0.6) is 5.75 Å². The van der Waals surface area contributed by atoms with Gasteiger partial charge in [0.1, 0.15) is 28.8 Å². The number of anilines is 2. The standard InChI is InChI=1S/C31H37F2N5O2/c1-31(2,21-11-22(34)16-38(15-21)28-8-9-36-14-27(28)35-3)13-20-10-24(40-18-19-4-5-19)12-26(33)29(20)30-25(32)7-6-23(17-39)37-30/h6-10,12,14,17,19,21-22,35H,4-5,11,13,15-16,18,34H2,1-3H3. The minimum absolute atomic E-state index is 0.0432. The molecule has 40 heavy (non-hydrogen) atoms. The number of halogens is 2. The summed E-state index contributed by atoms with van der Waals surface area (Å²) >= 11 is 0. The lowest BCUT2D eigenvalue weighted by atomic mass is 9.69. The maximum Gasteiger partial charge on any atom is 0.168 e. The van der Waals surface area contributed by atoms with Crippen molar-refractivity contribution in [1.82, 2.24) is 9.97 Å². The van der Waals surface area contributed by atoms with Crippen LogP contribution in [0.4, 0.5) is 20.2 Å². The van der Waals surface area contributed by atoms with Crippen LogP contribution in [0.2, 0.25) is 0 Å². The van der Waals surface area contributed by atoms with Crippen molar-refractivity contribution in [3.63, 3.8) is 0 Å². The first-order chi connectivity index (χ1) is 19.2. The molecule has 1 aliphatic heterocycles. The Balaban J connectivity index is 1.50. The zero-order valence-electron chi connectivity index (χ0n) is 23.3. The second kappa shape index (κ2) is 11.5. The van der Waals surface area contributed by atoms with Gasteiger partial charge in [0.05, 0.1) is 24.2 Å². The van der Waals surface area contributed by atoms with Gasteiger partial charge in [0, 0.05) is 44.0 Å². The Morgan fingerprint density at radius 3 is 2.70 bits per heavy atom. The molecule has 2 aromatic heterocycles. The largest absolute Gasteiger partial charge is 0.493 e. The number of nitrogens with one attached hydrogen (secondary N) is 1. The third-order valence-electron chi connectivity index (χ3n) is 8.20. The summed E-state index contributed by atoms with van der Waals surface area (Å²) in [5.74, 6) is -0.232. The summed E-state index contributed by atoms with van der Waals surface area (Å²) in [4.78, 5) is 22.1. The minimum Gasteiger partial charge on any atom is -0.493 e. The summed E-state index contributed by atoms with van der Waals surface area (Å²) in [6.07, 6.45) is 7.56. The number of carbonyl (C=O) groups excluding carboxylic acids is 1. The zero-order chi connectivity index (χ0) is 28.4. The number of carbonyl (C=O) groups is 1. The average molecular weight is 550 g/mol. The van der Waals surface area contributed by atoms with Crippen molar-refractivity contribution in [2.24, 2.45) is 23.0 Å². The van der Waals surface area contributed by atoms with E-state index in [0.29, 0.717) is 43.1 Å². The molecule has 2 unspecified atom stereocenters. The van der Waals surface area contributed by atoms with Gasteiger partial charge < -0.3 is 20.7 Å².